The zero-order valence-electron chi connectivity index (χ0n) is 23.6. The van der Waals surface area contributed by atoms with Crippen molar-refractivity contribution in [3.05, 3.63) is 114 Å². The normalized spacial score (nSPS) is 11.2. The molecule has 0 fully saturated rings. The van der Waals surface area contributed by atoms with Crippen LogP contribution in [0.2, 0.25) is 0 Å². The average Bonchev–Trinajstić information content (AvgIpc) is 3.01. The molecule has 0 bridgehead atoms. The summed E-state index contributed by atoms with van der Waals surface area (Å²) in [5, 5.41) is 14.8. The molecule has 1 unspecified atom stereocenters. The number of carbonyl (C=O) groups is 2. The molecular weight excluding hydrogens is 534 g/mol. The Labute approximate surface area is 244 Å². The summed E-state index contributed by atoms with van der Waals surface area (Å²) in [5.74, 6) is 0.842. The van der Waals surface area contributed by atoms with Crippen LogP contribution in [-0.2, 0) is 6.54 Å². The van der Waals surface area contributed by atoms with Crippen LogP contribution in [0.5, 0.6) is 17.2 Å². The fraction of sp³-hybridized carbons (Fsp3) is 0.152. The Morgan fingerprint density at radius 3 is 2.26 bits per heavy atom. The van der Waals surface area contributed by atoms with E-state index in [4.69, 9.17) is 19.9 Å². The molecule has 216 valence electrons. The lowest BCUT2D eigenvalue weighted by atomic mass is 9.80. The van der Waals surface area contributed by atoms with Crippen LogP contribution in [-0.4, -0.2) is 38.4 Å². The Kier molecular flexibility index (Phi) is 9.34. The summed E-state index contributed by atoms with van der Waals surface area (Å²) in [6, 6.07) is 23.3. The molecule has 2 amide bonds. The van der Waals surface area contributed by atoms with E-state index in [9.17, 15) is 14.7 Å². The number of amides is 2. The molecule has 0 spiro atoms. The fourth-order valence-corrected chi connectivity index (χ4v) is 4.87. The number of nitrogen functional groups attached to an aromatic ring is 1. The van der Waals surface area contributed by atoms with Gasteiger partial charge in [0.15, 0.2) is 11.5 Å². The molecule has 9 heteroatoms. The molecule has 0 saturated carbocycles. The minimum Gasteiger partial charge on any atom is -0.497 e. The van der Waals surface area contributed by atoms with Gasteiger partial charge in [-0.15, -0.1) is 6.58 Å². The Morgan fingerprint density at radius 1 is 0.929 bits per heavy atom. The maximum Gasteiger partial charge on any atom is 0.404 e. The molecule has 42 heavy (non-hydrogen) atoms. The highest BCUT2D eigenvalue weighted by molar-refractivity contribution is 6.10. The molecule has 1 atom stereocenters. The van der Waals surface area contributed by atoms with Gasteiger partial charge in [-0.25, -0.2) is 4.79 Å². The van der Waals surface area contributed by atoms with Crippen molar-refractivity contribution < 1.29 is 28.9 Å². The average molecular weight is 568 g/mol. The largest absolute Gasteiger partial charge is 0.497 e. The number of nitrogens with two attached hydrogens (primary N) is 1. The Bertz CT molecular complexity index is 1600. The van der Waals surface area contributed by atoms with Gasteiger partial charge in [0, 0.05) is 18.0 Å². The lowest BCUT2D eigenvalue weighted by molar-refractivity contribution is 0.102. The van der Waals surface area contributed by atoms with E-state index in [1.165, 1.54) is 7.11 Å². The SMILES string of the molecule is C=CC(c1ccc(OC)cc1)c1c(CNC(=O)O)ccc(C(=O)Nc2ccccc2N)c1-c1ccc(OC)c(OC)c1. The van der Waals surface area contributed by atoms with Crippen molar-refractivity contribution in [1.82, 2.24) is 5.32 Å². The number of para-hydroxylation sites is 2. The van der Waals surface area contributed by atoms with Crippen LogP contribution in [0.4, 0.5) is 16.2 Å². The van der Waals surface area contributed by atoms with Crippen molar-refractivity contribution in [2.24, 2.45) is 0 Å². The van der Waals surface area contributed by atoms with E-state index < -0.39 is 17.9 Å². The monoisotopic (exact) mass is 567 g/mol. The van der Waals surface area contributed by atoms with Gasteiger partial charge in [0.05, 0.1) is 32.7 Å². The van der Waals surface area contributed by atoms with Crippen LogP contribution in [0.15, 0.2) is 91.5 Å². The zero-order chi connectivity index (χ0) is 30.2. The molecule has 4 rings (SSSR count). The molecule has 0 aliphatic heterocycles. The third-order valence-corrected chi connectivity index (χ3v) is 6.91. The van der Waals surface area contributed by atoms with E-state index in [1.54, 1.807) is 68.8 Å². The summed E-state index contributed by atoms with van der Waals surface area (Å²) in [6.45, 7) is 4.11. The summed E-state index contributed by atoms with van der Waals surface area (Å²) < 4.78 is 16.4. The van der Waals surface area contributed by atoms with E-state index in [0.717, 1.165) is 5.56 Å². The minimum atomic E-state index is -1.17. The maximum absolute atomic E-state index is 13.9. The molecule has 0 aliphatic carbocycles. The molecule has 0 heterocycles. The van der Waals surface area contributed by atoms with Gasteiger partial charge in [-0.05, 0) is 70.3 Å². The third-order valence-electron chi connectivity index (χ3n) is 6.91. The molecular formula is C33H33N3O6. The second kappa shape index (κ2) is 13.3. The predicted octanol–water partition coefficient (Wildman–Crippen LogP) is 6.30. The fourth-order valence-electron chi connectivity index (χ4n) is 4.87. The number of nitrogens with one attached hydrogen (secondary N) is 2. The number of anilines is 2. The van der Waals surface area contributed by atoms with Crippen LogP contribution in [0.3, 0.4) is 0 Å². The number of ether oxygens (including phenoxy) is 3. The van der Waals surface area contributed by atoms with E-state index in [0.29, 0.717) is 56.4 Å². The van der Waals surface area contributed by atoms with Crippen LogP contribution < -0.4 is 30.6 Å². The zero-order valence-corrected chi connectivity index (χ0v) is 23.6. The first-order chi connectivity index (χ1) is 20.3. The quantitative estimate of drug-likeness (QED) is 0.124. The first kappa shape index (κ1) is 29.5. The van der Waals surface area contributed by atoms with Crippen LogP contribution in [0, 0.1) is 0 Å². The molecule has 0 saturated heterocycles. The molecule has 5 N–H and O–H groups in total. The predicted molar refractivity (Wildman–Crippen MR) is 164 cm³/mol. The minimum absolute atomic E-state index is 0.00101. The number of rotatable bonds is 11. The summed E-state index contributed by atoms with van der Waals surface area (Å²) in [7, 11) is 4.67. The van der Waals surface area contributed by atoms with Gasteiger partial charge in [-0.2, -0.15) is 0 Å². The van der Waals surface area contributed by atoms with Gasteiger partial charge in [0.1, 0.15) is 5.75 Å². The molecule has 4 aromatic rings. The van der Waals surface area contributed by atoms with Crippen molar-refractivity contribution in [2.75, 3.05) is 32.4 Å². The second-order valence-electron chi connectivity index (χ2n) is 9.32. The molecule has 4 aromatic carbocycles. The van der Waals surface area contributed by atoms with Gasteiger partial charge >= 0.3 is 6.09 Å². The number of allylic oxidation sites excluding steroid dienone is 1. The van der Waals surface area contributed by atoms with Gasteiger partial charge in [-0.1, -0.05) is 42.5 Å². The second-order valence-corrected chi connectivity index (χ2v) is 9.32. The van der Waals surface area contributed by atoms with Gasteiger partial charge < -0.3 is 35.7 Å². The Morgan fingerprint density at radius 2 is 1.64 bits per heavy atom. The van der Waals surface area contributed by atoms with E-state index >= 15 is 0 Å². The topological polar surface area (TPSA) is 132 Å². The van der Waals surface area contributed by atoms with Gasteiger partial charge in [-0.3, -0.25) is 4.79 Å². The van der Waals surface area contributed by atoms with Crippen molar-refractivity contribution >= 4 is 23.4 Å². The van der Waals surface area contributed by atoms with E-state index in [2.05, 4.69) is 17.2 Å². The highest BCUT2D eigenvalue weighted by Crippen LogP contribution is 2.42. The summed E-state index contributed by atoms with van der Waals surface area (Å²) in [6.07, 6.45) is 0.595. The smallest absolute Gasteiger partial charge is 0.404 e. The van der Waals surface area contributed by atoms with E-state index in [1.807, 2.05) is 30.3 Å². The Balaban J connectivity index is 2.02. The summed E-state index contributed by atoms with van der Waals surface area (Å²) in [5.41, 5.74) is 10.8. The van der Waals surface area contributed by atoms with Gasteiger partial charge in [0.25, 0.3) is 5.91 Å². The van der Waals surface area contributed by atoms with Crippen LogP contribution in [0.25, 0.3) is 11.1 Å². The number of carbonyl (C=O) groups excluding carboxylic acids is 1. The standard InChI is InChI=1S/C33H33N3O6/c1-5-24(20-10-14-23(40-2)15-11-20)31-22(19-35-33(38)39)12-16-25(32(37)36-27-9-7-6-8-26(27)34)30(31)21-13-17-28(41-3)29(18-21)42-4/h5-18,24,35H,1,19,34H2,2-4H3,(H,36,37)(H,38,39). The number of carboxylic acid groups (broad SMARTS) is 1. The van der Waals surface area contributed by atoms with Crippen LogP contribution >= 0.6 is 0 Å². The highest BCUT2D eigenvalue weighted by atomic mass is 16.5. The first-order valence-corrected chi connectivity index (χ1v) is 13.1. The lowest BCUT2D eigenvalue weighted by Crippen LogP contribution is -2.23. The lowest BCUT2D eigenvalue weighted by Gasteiger charge is -2.25. The first-order valence-electron chi connectivity index (χ1n) is 13.1. The molecule has 9 nitrogen and oxygen atoms in total. The maximum atomic E-state index is 13.9. The molecule has 0 aliphatic rings. The third kappa shape index (κ3) is 6.31. The van der Waals surface area contributed by atoms with Crippen molar-refractivity contribution in [1.29, 1.82) is 0 Å². The van der Waals surface area contributed by atoms with Crippen molar-refractivity contribution in [3.8, 4) is 28.4 Å². The molecule has 0 aromatic heterocycles. The number of hydrogen-bond donors (Lipinski definition) is 4. The van der Waals surface area contributed by atoms with Crippen LogP contribution in [0.1, 0.15) is 33.0 Å². The van der Waals surface area contributed by atoms with Crippen molar-refractivity contribution in [2.45, 2.75) is 12.5 Å². The number of methoxy groups -OCH3 is 3. The Hall–Kier alpha value is -5.44. The summed E-state index contributed by atoms with van der Waals surface area (Å²) in [4.78, 5) is 25.5. The van der Waals surface area contributed by atoms with Crippen molar-refractivity contribution in [3.63, 3.8) is 0 Å². The number of hydrogen-bond acceptors (Lipinski definition) is 6. The van der Waals surface area contributed by atoms with Gasteiger partial charge in [0.2, 0.25) is 0 Å². The number of benzene rings is 4. The highest BCUT2D eigenvalue weighted by Gasteiger charge is 2.26. The summed E-state index contributed by atoms with van der Waals surface area (Å²) >= 11 is 0. The van der Waals surface area contributed by atoms with E-state index in [-0.39, 0.29) is 6.54 Å². The molecule has 0 radical (unpaired) electrons.